The first kappa shape index (κ1) is 23.3. The quantitative estimate of drug-likeness (QED) is 0.331. The Labute approximate surface area is 193 Å². The van der Waals surface area contributed by atoms with Crippen LogP contribution in [0.25, 0.3) is 0 Å². The Morgan fingerprint density at radius 2 is 1.00 bits per heavy atom. The minimum Gasteiger partial charge on any atom is -0.439 e. The van der Waals surface area contributed by atoms with E-state index in [0.29, 0.717) is 34.6 Å². The van der Waals surface area contributed by atoms with Gasteiger partial charge >= 0.3 is 0 Å². The van der Waals surface area contributed by atoms with Gasteiger partial charge in [-0.25, -0.2) is 9.97 Å². The van der Waals surface area contributed by atoms with E-state index in [0.717, 1.165) is 0 Å². The third kappa shape index (κ3) is 8.07. The van der Waals surface area contributed by atoms with Crippen LogP contribution in [0.15, 0.2) is 60.7 Å². The van der Waals surface area contributed by atoms with Crippen molar-refractivity contribution in [2.45, 2.75) is 39.3 Å². The zero-order valence-electron chi connectivity index (χ0n) is 19.5. The maximum Gasteiger partial charge on any atom is 0.220 e. The summed E-state index contributed by atoms with van der Waals surface area (Å²) in [5.41, 5.74) is 8.06. The summed E-state index contributed by atoms with van der Waals surface area (Å²) < 4.78 is 11.9. The molecule has 3 rings (SSSR count). The van der Waals surface area contributed by atoms with E-state index in [4.69, 9.17) is 9.47 Å². The fraction of sp³-hybridized carbons (Fsp3) is 0.231. The summed E-state index contributed by atoms with van der Waals surface area (Å²) in [6.07, 6.45) is 0. The summed E-state index contributed by atoms with van der Waals surface area (Å²) in [4.78, 5) is 9.00. The number of hydrogen-bond donors (Lipinski definition) is 0. The van der Waals surface area contributed by atoms with E-state index in [1.807, 2.05) is 60.7 Å². The lowest BCUT2D eigenvalue weighted by Gasteiger charge is -2.09. The van der Waals surface area contributed by atoms with Crippen molar-refractivity contribution in [2.75, 3.05) is 0 Å². The van der Waals surface area contributed by atoms with Crippen LogP contribution in [0.3, 0.4) is 0 Å². The fourth-order valence-corrected chi connectivity index (χ4v) is 3.43. The van der Waals surface area contributed by atoms with Crippen LogP contribution in [0.2, 0.25) is 39.3 Å². The largest absolute Gasteiger partial charge is 0.439 e. The van der Waals surface area contributed by atoms with Crippen molar-refractivity contribution in [2.24, 2.45) is 0 Å². The molecule has 0 amide bonds. The van der Waals surface area contributed by atoms with Crippen LogP contribution < -0.4 is 9.47 Å². The highest BCUT2D eigenvalue weighted by Crippen LogP contribution is 2.27. The molecule has 0 fully saturated rings. The third-order valence-corrected chi connectivity index (χ3v) is 5.58. The van der Waals surface area contributed by atoms with Gasteiger partial charge in [-0.1, -0.05) is 69.3 Å². The van der Waals surface area contributed by atoms with Crippen LogP contribution in [-0.4, -0.2) is 26.1 Å². The van der Waals surface area contributed by atoms with Crippen LogP contribution in [-0.2, 0) is 0 Å². The normalized spacial score (nSPS) is 10.9. The predicted octanol–water partition coefficient (Wildman–Crippen LogP) is 6.52. The van der Waals surface area contributed by atoms with Crippen molar-refractivity contribution in [3.63, 3.8) is 0 Å². The summed E-state index contributed by atoms with van der Waals surface area (Å²) in [5, 5.41) is 0. The van der Waals surface area contributed by atoms with Gasteiger partial charge in [0, 0.05) is 18.2 Å². The number of aromatic nitrogens is 2. The predicted molar refractivity (Wildman–Crippen MR) is 136 cm³/mol. The van der Waals surface area contributed by atoms with Crippen LogP contribution in [0.1, 0.15) is 11.4 Å². The smallest absolute Gasteiger partial charge is 0.220 e. The average molecular weight is 457 g/mol. The standard InChI is InChI=1S/C26H28N2O2Si2/c1-31(2,3)18-16-21-10-7-14-25(27-21)29-23-12-9-13-24(20-23)30-26-15-8-11-22(28-26)17-19-32(4,5)6/h7-15,20H,1-6H3. The molecule has 4 nitrogen and oxygen atoms in total. The van der Waals surface area contributed by atoms with Gasteiger partial charge in [0.1, 0.15) is 39.0 Å². The first-order valence-electron chi connectivity index (χ1n) is 10.5. The molecule has 0 atom stereocenters. The number of benzene rings is 1. The minimum absolute atomic E-state index is 0.492. The van der Waals surface area contributed by atoms with Crippen molar-refractivity contribution in [1.29, 1.82) is 0 Å². The molecule has 0 aliphatic heterocycles. The summed E-state index contributed by atoms with van der Waals surface area (Å²) in [7, 11) is -2.93. The van der Waals surface area contributed by atoms with Gasteiger partial charge in [-0.05, 0) is 24.3 Å². The van der Waals surface area contributed by atoms with Gasteiger partial charge < -0.3 is 9.47 Å². The SMILES string of the molecule is C[Si](C)(C)C#Cc1cccc(Oc2cccc(Oc3cccc(C#C[Si](C)(C)C)n3)c2)n1. The molecule has 32 heavy (non-hydrogen) atoms. The van der Waals surface area contributed by atoms with Gasteiger partial charge in [-0.2, -0.15) is 0 Å². The van der Waals surface area contributed by atoms with Gasteiger partial charge in [0.05, 0.1) is 0 Å². The molecular formula is C26H28N2O2Si2. The second-order valence-electron chi connectivity index (χ2n) is 9.40. The van der Waals surface area contributed by atoms with Gasteiger partial charge in [0.25, 0.3) is 0 Å². The molecule has 0 unspecified atom stereocenters. The molecule has 2 aromatic heterocycles. The molecule has 0 aliphatic rings. The van der Waals surface area contributed by atoms with E-state index in [9.17, 15) is 0 Å². The van der Waals surface area contributed by atoms with E-state index in [2.05, 4.69) is 72.2 Å². The molecule has 2 heterocycles. The summed E-state index contributed by atoms with van der Waals surface area (Å²) in [5.74, 6) is 8.55. The molecule has 3 aromatic rings. The monoisotopic (exact) mass is 456 g/mol. The van der Waals surface area contributed by atoms with Gasteiger partial charge in [-0.3, -0.25) is 0 Å². The molecule has 0 bridgehead atoms. The fourth-order valence-electron chi connectivity index (χ4n) is 2.43. The Kier molecular flexibility index (Phi) is 7.20. The molecule has 0 saturated heterocycles. The lowest BCUT2D eigenvalue weighted by molar-refractivity contribution is 0.441. The first-order valence-corrected chi connectivity index (χ1v) is 17.5. The summed E-state index contributed by atoms with van der Waals surface area (Å²) in [6.45, 7) is 13.2. The number of hydrogen-bond acceptors (Lipinski definition) is 4. The highest BCUT2D eigenvalue weighted by molar-refractivity contribution is 6.84. The zero-order valence-corrected chi connectivity index (χ0v) is 21.5. The van der Waals surface area contributed by atoms with Crippen LogP contribution in [0.4, 0.5) is 0 Å². The molecule has 1 aromatic carbocycles. The highest BCUT2D eigenvalue weighted by Gasteiger charge is 2.09. The molecule has 0 spiro atoms. The topological polar surface area (TPSA) is 44.2 Å². The van der Waals surface area contributed by atoms with E-state index in [1.54, 1.807) is 0 Å². The van der Waals surface area contributed by atoms with Crippen molar-refractivity contribution in [1.82, 2.24) is 9.97 Å². The molecule has 6 heteroatoms. The Balaban J connectivity index is 1.74. The Morgan fingerprint density at radius 1 is 0.594 bits per heavy atom. The molecule has 0 radical (unpaired) electrons. The molecule has 0 aliphatic carbocycles. The van der Waals surface area contributed by atoms with E-state index >= 15 is 0 Å². The van der Waals surface area contributed by atoms with E-state index < -0.39 is 16.1 Å². The first-order chi connectivity index (χ1) is 15.1. The van der Waals surface area contributed by atoms with Crippen LogP contribution in [0.5, 0.6) is 23.3 Å². The number of pyridine rings is 2. The lowest BCUT2D eigenvalue weighted by atomic mass is 10.3. The van der Waals surface area contributed by atoms with Crippen molar-refractivity contribution in [3.8, 4) is 46.2 Å². The third-order valence-electron chi connectivity index (χ3n) is 3.83. The molecule has 0 saturated carbocycles. The second kappa shape index (κ2) is 9.87. The average Bonchev–Trinajstić information content (AvgIpc) is 2.71. The second-order valence-corrected chi connectivity index (χ2v) is 18.9. The molecular weight excluding hydrogens is 428 g/mol. The van der Waals surface area contributed by atoms with Crippen LogP contribution in [0, 0.1) is 22.9 Å². The molecule has 162 valence electrons. The summed E-state index contributed by atoms with van der Waals surface area (Å²) in [6, 6.07) is 18.6. The zero-order chi connectivity index (χ0) is 23.2. The number of rotatable bonds is 4. The van der Waals surface area contributed by atoms with Crippen molar-refractivity contribution in [3.05, 3.63) is 72.1 Å². The van der Waals surface area contributed by atoms with E-state index in [1.165, 1.54) is 0 Å². The van der Waals surface area contributed by atoms with E-state index in [-0.39, 0.29) is 0 Å². The van der Waals surface area contributed by atoms with Gasteiger partial charge in [0.15, 0.2) is 0 Å². The number of nitrogens with zero attached hydrogens (tertiary/aromatic N) is 2. The maximum absolute atomic E-state index is 5.94. The summed E-state index contributed by atoms with van der Waals surface area (Å²) >= 11 is 0. The highest BCUT2D eigenvalue weighted by atomic mass is 28.3. The van der Waals surface area contributed by atoms with Crippen molar-refractivity contribution >= 4 is 16.1 Å². The van der Waals surface area contributed by atoms with Gasteiger partial charge in [0.2, 0.25) is 11.8 Å². The van der Waals surface area contributed by atoms with Gasteiger partial charge in [-0.15, -0.1) is 11.1 Å². The Hall–Kier alpha value is -3.33. The van der Waals surface area contributed by atoms with Crippen molar-refractivity contribution < 1.29 is 9.47 Å². The lowest BCUT2D eigenvalue weighted by Crippen LogP contribution is -2.16. The molecule has 0 N–H and O–H groups in total. The Morgan fingerprint density at radius 3 is 1.41 bits per heavy atom. The number of ether oxygens (including phenoxy) is 2. The Bertz CT molecular complexity index is 1130. The van der Waals surface area contributed by atoms with Crippen LogP contribution >= 0.6 is 0 Å². The minimum atomic E-state index is -1.47. The maximum atomic E-state index is 5.94.